The van der Waals surface area contributed by atoms with E-state index in [9.17, 15) is 9.59 Å². The van der Waals surface area contributed by atoms with E-state index in [0.717, 1.165) is 24.3 Å². The number of fused-ring (bicyclic) bond motifs is 4. The fourth-order valence-electron chi connectivity index (χ4n) is 5.00. The van der Waals surface area contributed by atoms with Gasteiger partial charge in [-0.2, -0.15) is 0 Å². The smallest absolute Gasteiger partial charge is 0.344 e. The first-order valence-electron chi connectivity index (χ1n) is 12.8. The Balaban J connectivity index is 1.37. The number of hydrogen-bond donors (Lipinski definition) is 0. The molecule has 0 N–H and O–H groups in total. The molecule has 0 aliphatic carbocycles. The monoisotopic (exact) mass is 525 g/mol. The summed E-state index contributed by atoms with van der Waals surface area (Å²) in [6.45, 7) is 4.03. The average Bonchev–Trinajstić information content (AvgIpc) is 2.96. The van der Waals surface area contributed by atoms with Crippen LogP contribution in [-0.4, -0.2) is 31.9 Å². The van der Waals surface area contributed by atoms with Gasteiger partial charge < -0.3 is 23.0 Å². The summed E-state index contributed by atoms with van der Waals surface area (Å²) in [7, 11) is 1.65. The van der Waals surface area contributed by atoms with Gasteiger partial charge in [0.15, 0.2) is 11.3 Å². The lowest BCUT2D eigenvalue weighted by atomic mass is 9.99. The lowest BCUT2D eigenvalue weighted by Gasteiger charge is -2.29. The minimum atomic E-state index is -0.559. The standard InChI is InChI=1S/C31H27NO7/c1-3-36-27-6-4-5-20-15-24(31(34)39-29(20)27)23-16-28(33)38-30-22(23)11-12-26-25(30)17-32(18-37-26)14-13-19-7-9-21(35-2)10-8-19/h4-12,15-16H,3,13-14,17-18H2,1-2H3. The van der Waals surface area contributed by atoms with Crippen LogP contribution in [0.2, 0.25) is 0 Å². The van der Waals surface area contributed by atoms with Gasteiger partial charge in [0.25, 0.3) is 0 Å². The highest BCUT2D eigenvalue weighted by Gasteiger charge is 2.24. The van der Waals surface area contributed by atoms with Crippen molar-refractivity contribution in [2.75, 3.05) is 27.0 Å². The molecular formula is C31H27NO7. The molecule has 1 aliphatic rings. The Bertz CT molecular complexity index is 1790. The van der Waals surface area contributed by atoms with Gasteiger partial charge >= 0.3 is 11.3 Å². The van der Waals surface area contributed by atoms with Crippen molar-refractivity contribution in [1.29, 1.82) is 0 Å². The van der Waals surface area contributed by atoms with Crippen LogP contribution in [0.1, 0.15) is 18.1 Å². The predicted octanol–water partition coefficient (Wildman–Crippen LogP) is 5.37. The van der Waals surface area contributed by atoms with Gasteiger partial charge in [0, 0.05) is 35.5 Å². The molecule has 2 aromatic heterocycles. The van der Waals surface area contributed by atoms with Crippen molar-refractivity contribution in [3.05, 3.63) is 98.7 Å². The van der Waals surface area contributed by atoms with Crippen LogP contribution in [0, 0.1) is 0 Å². The van der Waals surface area contributed by atoms with E-state index in [2.05, 4.69) is 4.90 Å². The average molecular weight is 526 g/mol. The van der Waals surface area contributed by atoms with E-state index in [0.29, 0.717) is 58.9 Å². The highest BCUT2D eigenvalue weighted by atomic mass is 16.5. The third-order valence-corrected chi connectivity index (χ3v) is 6.95. The van der Waals surface area contributed by atoms with Crippen molar-refractivity contribution in [2.45, 2.75) is 19.9 Å². The molecule has 198 valence electrons. The van der Waals surface area contributed by atoms with E-state index in [1.807, 2.05) is 55.5 Å². The molecule has 8 heteroatoms. The fraction of sp³-hybridized carbons (Fsp3) is 0.226. The molecule has 0 unspecified atom stereocenters. The molecule has 3 aromatic carbocycles. The Morgan fingerprint density at radius 2 is 1.77 bits per heavy atom. The molecule has 6 rings (SSSR count). The second-order valence-electron chi connectivity index (χ2n) is 9.38. The van der Waals surface area contributed by atoms with E-state index in [-0.39, 0.29) is 5.56 Å². The van der Waals surface area contributed by atoms with Gasteiger partial charge in [-0.05, 0) is 55.3 Å². The topological polar surface area (TPSA) is 91.4 Å². The number of ether oxygens (including phenoxy) is 3. The predicted molar refractivity (Wildman–Crippen MR) is 148 cm³/mol. The number of rotatable bonds is 7. The summed E-state index contributed by atoms with van der Waals surface area (Å²) in [5.74, 6) is 1.98. The number of para-hydroxylation sites is 1. The van der Waals surface area contributed by atoms with Crippen LogP contribution in [-0.2, 0) is 13.0 Å². The lowest BCUT2D eigenvalue weighted by Crippen LogP contribution is -2.33. The van der Waals surface area contributed by atoms with Crippen molar-refractivity contribution in [1.82, 2.24) is 4.90 Å². The van der Waals surface area contributed by atoms with Crippen LogP contribution in [0.5, 0.6) is 17.2 Å². The van der Waals surface area contributed by atoms with Crippen molar-refractivity contribution < 1.29 is 23.0 Å². The maximum absolute atomic E-state index is 13.2. The summed E-state index contributed by atoms with van der Waals surface area (Å²) in [5.41, 5.74) is 2.37. The first-order valence-corrected chi connectivity index (χ1v) is 12.8. The Labute approximate surface area is 223 Å². The SMILES string of the molecule is CCOc1cccc2cc(-c3cc(=O)oc4c5c(ccc34)OCN(CCc3ccc(OC)cc3)C5)c(=O)oc12. The third-order valence-electron chi connectivity index (χ3n) is 6.95. The molecule has 0 amide bonds. The largest absolute Gasteiger partial charge is 0.497 e. The van der Waals surface area contributed by atoms with Gasteiger partial charge in [0.05, 0.1) is 24.8 Å². The fourth-order valence-corrected chi connectivity index (χ4v) is 5.00. The van der Waals surface area contributed by atoms with Crippen LogP contribution in [0.3, 0.4) is 0 Å². The summed E-state index contributed by atoms with van der Waals surface area (Å²) >= 11 is 0. The van der Waals surface area contributed by atoms with E-state index in [1.54, 1.807) is 19.2 Å². The molecule has 0 radical (unpaired) electrons. The molecule has 5 aromatic rings. The summed E-state index contributed by atoms with van der Waals surface area (Å²) < 4.78 is 28.3. The van der Waals surface area contributed by atoms with Gasteiger partial charge in [-0.1, -0.05) is 24.3 Å². The van der Waals surface area contributed by atoms with Crippen molar-refractivity contribution in [2.24, 2.45) is 0 Å². The maximum Gasteiger partial charge on any atom is 0.344 e. The van der Waals surface area contributed by atoms with Crippen molar-refractivity contribution in [3.63, 3.8) is 0 Å². The summed E-state index contributed by atoms with van der Waals surface area (Å²) in [6.07, 6.45) is 0.824. The zero-order chi connectivity index (χ0) is 26.9. The molecule has 0 saturated carbocycles. The molecule has 0 spiro atoms. The van der Waals surface area contributed by atoms with Crippen LogP contribution in [0.25, 0.3) is 33.1 Å². The summed E-state index contributed by atoms with van der Waals surface area (Å²) in [6, 6.07) is 20.2. The number of nitrogens with zero attached hydrogens (tertiary/aromatic N) is 1. The van der Waals surface area contributed by atoms with Crippen LogP contribution < -0.4 is 25.5 Å². The zero-order valence-electron chi connectivity index (χ0n) is 21.7. The maximum atomic E-state index is 13.2. The molecular weight excluding hydrogens is 498 g/mol. The molecule has 8 nitrogen and oxygen atoms in total. The quantitative estimate of drug-likeness (QED) is 0.262. The second kappa shape index (κ2) is 10.3. The van der Waals surface area contributed by atoms with E-state index in [4.69, 9.17) is 23.0 Å². The lowest BCUT2D eigenvalue weighted by molar-refractivity contribution is 0.0968. The van der Waals surface area contributed by atoms with Gasteiger partial charge in [-0.3, -0.25) is 4.90 Å². The summed E-state index contributed by atoms with van der Waals surface area (Å²) in [5, 5.41) is 1.34. The minimum absolute atomic E-state index is 0.280. The second-order valence-corrected chi connectivity index (χ2v) is 9.38. The van der Waals surface area contributed by atoms with Gasteiger partial charge in [0.1, 0.15) is 23.8 Å². The molecule has 0 saturated heterocycles. The van der Waals surface area contributed by atoms with Gasteiger partial charge in [-0.25, -0.2) is 9.59 Å². The normalized spacial score (nSPS) is 13.3. The van der Waals surface area contributed by atoms with Gasteiger partial charge in [0.2, 0.25) is 0 Å². The third kappa shape index (κ3) is 4.75. The number of benzene rings is 3. The Kier molecular flexibility index (Phi) is 6.54. The Hall–Kier alpha value is -4.56. The molecule has 0 atom stereocenters. The summed E-state index contributed by atoms with van der Waals surface area (Å²) in [4.78, 5) is 28.0. The van der Waals surface area contributed by atoms with Crippen LogP contribution >= 0.6 is 0 Å². The molecule has 0 bridgehead atoms. The molecule has 1 aliphatic heterocycles. The van der Waals surface area contributed by atoms with E-state index in [1.165, 1.54) is 11.6 Å². The zero-order valence-corrected chi connectivity index (χ0v) is 21.7. The van der Waals surface area contributed by atoms with Crippen molar-refractivity contribution in [3.8, 4) is 28.4 Å². The highest BCUT2D eigenvalue weighted by molar-refractivity contribution is 5.97. The Morgan fingerprint density at radius 3 is 2.56 bits per heavy atom. The van der Waals surface area contributed by atoms with E-state index >= 15 is 0 Å². The first-order chi connectivity index (χ1) is 19.0. The van der Waals surface area contributed by atoms with Crippen molar-refractivity contribution >= 4 is 21.9 Å². The van der Waals surface area contributed by atoms with Gasteiger partial charge in [-0.15, -0.1) is 0 Å². The van der Waals surface area contributed by atoms with Crippen LogP contribution in [0.4, 0.5) is 0 Å². The van der Waals surface area contributed by atoms with Crippen LogP contribution in [0.15, 0.2) is 85.2 Å². The number of methoxy groups -OCH3 is 1. The molecule has 0 fully saturated rings. The molecule has 39 heavy (non-hydrogen) atoms. The highest BCUT2D eigenvalue weighted by Crippen LogP contribution is 2.36. The first kappa shape index (κ1) is 24.8. The van der Waals surface area contributed by atoms with E-state index < -0.39 is 11.3 Å². The minimum Gasteiger partial charge on any atom is -0.497 e. The Morgan fingerprint density at radius 1 is 0.923 bits per heavy atom. The number of hydrogen-bond acceptors (Lipinski definition) is 8. The molecule has 3 heterocycles.